The maximum atomic E-state index is 12.6. The molecule has 0 unspecified atom stereocenters. The van der Waals surface area contributed by atoms with Crippen molar-refractivity contribution in [2.75, 3.05) is 0 Å². The Morgan fingerprint density at radius 1 is 1.04 bits per heavy atom. The molecule has 0 saturated heterocycles. The summed E-state index contributed by atoms with van der Waals surface area (Å²) >= 11 is 5.95. The molecule has 0 aliphatic carbocycles. The summed E-state index contributed by atoms with van der Waals surface area (Å²) in [5.41, 5.74) is 1.64. The molecule has 2 aliphatic heterocycles. The standard InChI is InChI=1S/C17H11ClN2O3/c1-9-2-5-11(6-3-9)20-16(21)14-15(17(20)22)23-13-7-4-10(18)8-12(13)19-14/h2-8,19H,1H3. The molecule has 6 heteroatoms. The van der Waals surface area contributed by atoms with Gasteiger partial charge in [0.2, 0.25) is 5.42 Å². The van der Waals surface area contributed by atoms with E-state index in [0.29, 0.717) is 21.8 Å². The fourth-order valence-corrected chi connectivity index (χ4v) is 2.75. The Hall–Kier alpha value is -2.79. The summed E-state index contributed by atoms with van der Waals surface area (Å²) in [7, 11) is 0. The van der Waals surface area contributed by atoms with Gasteiger partial charge in [-0.3, -0.25) is 9.59 Å². The van der Waals surface area contributed by atoms with Crippen LogP contribution in [0.5, 0.6) is 0 Å². The molecular weight excluding hydrogens is 316 g/mol. The molecule has 114 valence electrons. The number of halogens is 1. The van der Waals surface area contributed by atoms with E-state index in [1.807, 2.05) is 19.1 Å². The number of fused-ring (bicyclic) bond motifs is 1. The van der Waals surface area contributed by atoms with Crippen LogP contribution in [-0.2, 0) is 0 Å². The van der Waals surface area contributed by atoms with Gasteiger partial charge in [-0.15, -0.1) is 0 Å². The predicted octanol–water partition coefficient (Wildman–Crippen LogP) is 2.96. The largest absolute Gasteiger partial charge is 0.447 e. The van der Waals surface area contributed by atoms with Gasteiger partial charge in [-0.2, -0.15) is 0 Å². The summed E-state index contributed by atoms with van der Waals surface area (Å²) in [4.78, 5) is 28.1. The van der Waals surface area contributed by atoms with E-state index in [0.717, 1.165) is 10.1 Å². The summed E-state index contributed by atoms with van der Waals surface area (Å²) in [6, 6.07) is 12.1. The number of aryl methyl sites for hydroxylation is 1. The number of nitrogens with zero attached hydrogens (tertiary/aromatic N) is 1. The van der Waals surface area contributed by atoms with Crippen molar-refractivity contribution in [1.29, 1.82) is 0 Å². The summed E-state index contributed by atoms with van der Waals surface area (Å²) in [6.45, 7) is 1.94. The lowest BCUT2D eigenvalue weighted by Crippen LogP contribution is -2.24. The van der Waals surface area contributed by atoms with Crippen molar-refractivity contribution in [1.82, 2.24) is 9.55 Å². The van der Waals surface area contributed by atoms with Crippen molar-refractivity contribution in [2.45, 2.75) is 6.92 Å². The molecular formula is C17H11ClN2O3. The SMILES string of the molecule is Cc1ccc(-n2c(=O)c3[nH]c4cc(Cl)ccc4oc=3c2=O)cc1. The van der Waals surface area contributed by atoms with Gasteiger partial charge >= 0.3 is 5.56 Å². The Balaban J connectivity index is 2.12. The molecule has 0 saturated carbocycles. The first-order chi connectivity index (χ1) is 11.0. The van der Waals surface area contributed by atoms with Crippen LogP contribution in [-0.4, -0.2) is 9.55 Å². The van der Waals surface area contributed by atoms with Gasteiger partial charge in [0.05, 0.1) is 11.2 Å². The van der Waals surface area contributed by atoms with Gasteiger partial charge in [-0.1, -0.05) is 29.3 Å². The molecule has 0 amide bonds. The second kappa shape index (κ2) is 4.86. The zero-order valence-electron chi connectivity index (χ0n) is 12.1. The summed E-state index contributed by atoms with van der Waals surface area (Å²) in [5, 5.41) is 0.640. The van der Waals surface area contributed by atoms with Gasteiger partial charge in [0.15, 0.2) is 10.9 Å². The van der Waals surface area contributed by atoms with E-state index in [-0.39, 0.29) is 10.8 Å². The van der Waals surface area contributed by atoms with E-state index >= 15 is 0 Å². The zero-order valence-corrected chi connectivity index (χ0v) is 12.8. The molecule has 0 atom stereocenters. The van der Waals surface area contributed by atoms with E-state index < -0.39 is 11.1 Å². The summed E-state index contributed by atoms with van der Waals surface area (Å²) < 4.78 is 6.72. The molecule has 0 aromatic heterocycles. The van der Waals surface area contributed by atoms with Crippen LogP contribution in [0.2, 0.25) is 5.02 Å². The van der Waals surface area contributed by atoms with Gasteiger partial charge in [0, 0.05) is 5.02 Å². The van der Waals surface area contributed by atoms with Crippen LogP contribution >= 0.6 is 11.6 Å². The number of hydrogen-bond donors (Lipinski definition) is 1. The third kappa shape index (κ3) is 2.09. The highest BCUT2D eigenvalue weighted by molar-refractivity contribution is 6.31. The lowest BCUT2D eigenvalue weighted by Gasteiger charge is -1.99. The number of benzene rings is 2. The highest BCUT2D eigenvalue weighted by Crippen LogP contribution is 2.17. The van der Waals surface area contributed by atoms with Crippen LogP contribution in [0.15, 0.2) is 56.5 Å². The minimum Gasteiger partial charge on any atom is -0.447 e. The average Bonchev–Trinajstić information content (AvgIpc) is 2.78. The van der Waals surface area contributed by atoms with Crippen LogP contribution in [0.4, 0.5) is 0 Å². The number of H-pyrrole nitrogens is 1. The second-order valence-corrected chi connectivity index (χ2v) is 5.79. The predicted molar refractivity (Wildman–Crippen MR) is 87.5 cm³/mol. The van der Waals surface area contributed by atoms with Crippen LogP contribution in [0.25, 0.3) is 16.8 Å². The van der Waals surface area contributed by atoms with Gasteiger partial charge in [0.1, 0.15) is 0 Å². The molecule has 5 nitrogen and oxygen atoms in total. The van der Waals surface area contributed by atoms with Crippen LogP contribution in [0, 0.1) is 17.7 Å². The molecule has 4 rings (SSSR count). The fraction of sp³-hybridized carbons (Fsp3) is 0.0588. The molecule has 2 aromatic carbocycles. The lowest BCUT2D eigenvalue weighted by molar-refractivity contribution is 0.556. The Morgan fingerprint density at radius 2 is 1.78 bits per heavy atom. The third-order valence-electron chi connectivity index (χ3n) is 3.75. The first-order valence-corrected chi connectivity index (χ1v) is 7.36. The number of rotatable bonds is 1. The van der Waals surface area contributed by atoms with Crippen LogP contribution < -0.4 is 11.1 Å². The average molecular weight is 327 g/mol. The quantitative estimate of drug-likeness (QED) is 0.584. The van der Waals surface area contributed by atoms with Gasteiger partial charge in [-0.25, -0.2) is 4.57 Å². The smallest absolute Gasteiger partial charge is 0.303 e. The third-order valence-corrected chi connectivity index (χ3v) is 3.98. The van der Waals surface area contributed by atoms with Gasteiger partial charge in [-0.05, 0) is 37.3 Å². The molecule has 0 bridgehead atoms. The molecule has 0 radical (unpaired) electrons. The van der Waals surface area contributed by atoms with Gasteiger partial charge < -0.3 is 9.40 Å². The van der Waals surface area contributed by atoms with E-state index in [1.54, 1.807) is 30.3 Å². The van der Waals surface area contributed by atoms with E-state index in [2.05, 4.69) is 4.98 Å². The van der Waals surface area contributed by atoms with Crippen LogP contribution in [0.3, 0.4) is 0 Å². The van der Waals surface area contributed by atoms with Crippen molar-refractivity contribution >= 4 is 22.7 Å². The molecule has 0 fully saturated rings. The number of hydrogen-bond acceptors (Lipinski definition) is 3. The Kier molecular flexibility index (Phi) is 2.92. The first kappa shape index (κ1) is 13.8. The van der Waals surface area contributed by atoms with E-state index in [1.165, 1.54) is 0 Å². The zero-order chi connectivity index (χ0) is 16.1. The number of nitrogens with one attached hydrogen (secondary N) is 1. The van der Waals surface area contributed by atoms with Gasteiger partial charge in [0.25, 0.3) is 5.56 Å². The number of aromatic amines is 1. The van der Waals surface area contributed by atoms with Crippen molar-refractivity contribution in [3.63, 3.8) is 0 Å². The fourth-order valence-electron chi connectivity index (χ4n) is 2.58. The molecule has 23 heavy (non-hydrogen) atoms. The Morgan fingerprint density at radius 3 is 2.52 bits per heavy atom. The van der Waals surface area contributed by atoms with Crippen molar-refractivity contribution < 1.29 is 4.42 Å². The molecule has 2 heterocycles. The molecule has 2 aromatic rings. The summed E-state index contributed by atoms with van der Waals surface area (Å²) in [5.74, 6) is 0. The Bertz CT molecular complexity index is 1220. The highest BCUT2D eigenvalue weighted by atomic mass is 35.5. The minimum absolute atomic E-state index is 0.00500. The highest BCUT2D eigenvalue weighted by Gasteiger charge is 2.15. The maximum absolute atomic E-state index is 12.6. The molecule has 2 aliphatic rings. The molecule has 1 N–H and O–H groups in total. The van der Waals surface area contributed by atoms with Crippen LogP contribution in [0.1, 0.15) is 5.56 Å². The second-order valence-electron chi connectivity index (χ2n) is 5.35. The summed E-state index contributed by atoms with van der Waals surface area (Å²) in [6.07, 6.45) is 0. The maximum Gasteiger partial charge on any atom is 0.303 e. The van der Waals surface area contributed by atoms with E-state index in [4.69, 9.17) is 16.0 Å². The monoisotopic (exact) mass is 326 g/mol. The Labute approximate surface area is 134 Å². The first-order valence-electron chi connectivity index (χ1n) is 6.99. The van der Waals surface area contributed by atoms with Crippen molar-refractivity contribution in [3.8, 4) is 5.69 Å². The van der Waals surface area contributed by atoms with Crippen molar-refractivity contribution in [2.24, 2.45) is 0 Å². The van der Waals surface area contributed by atoms with E-state index in [9.17, 15) is 9.59 Å². The normalized spacial score (nSPS) is 11.4. The van der Waals surface area contributed by atoms with Crippen molar-refractivity contribution in [3.05, 3.63) is 84.5 Å². The number of aromatic nitrogens is 2. The topological polar surface area (TPSA) is 68.0 Å². The lowest BCUT2D eigenvalue weighted by atomic mass is 10.2. The molecule has 0 spiro atoms. The minimum atomic E-state index is -0.484.